The van der Waals surface area contributed by atoms with Crippen LogP contribution in [0.3, 0.4) is 0 Å². The maximum Gasteiger partial charge on any atom is 0.222 e. The average molecular weight is 538 g/mol. The van der Waals surface area contributed by atoms with Crippen LogP contribution < -0.4 is 15.5 Å². The second kappa shape index (κ2) is 12.6. The average Bonchev–Trinajstić information content (AvgIpc) is 3.26. The Hall–Kier alpha value is -4.46. The summed E-state index contributed by atoms with van der Waals surface area (Å²) in [5.41, 5.74) is 5.18. The predicted molar refractivity (Wildman–Crippen MR) is 165 cm³/mol. The number of nitrogens with zero attached hydrogens (tertiary/aromatic N) is 4. The summed E-state index contributed by atoms with van der Waals surface area (Å²) < 4.78 is 2.08. The molecule has 0 aliphatic heterocycles. The van der Waals surface area contributed by atoms with E-state index in [1.165, 1.54) is 6.21 Å². The van der Waals surface area contributed by atoms with Crippen LogP contribution in [-0.2, 0) is 18.4 Å². The van der Waals surface area contributed by atoms with Crippen molar-refractivity contribution in [2.45, 2.75) is 52.1 Å². The molecule has 0 saturated carbocycles. The fourth-order valence-electron chi connectivity index (χ4n) is 4.86. The Labute approximate surface area is 236 Å². The first-order chi connectivity index (χ1) is 19.2. The zero-order valence-electron chi connectivity index (χ0n) is 23.9. The van der Waals surface area contributed by atoms with Gasteiger partial charge in [0, 0.05) is 49.3 Å². The molecule has 3 N–H and O–H groups in total. The molecule has 0 fully saturated rings. The normalized spacial score (nSPS) is 11.3. The Morgan fingerprint density at radius 1 is 1.15 bits per heavy atom. The van der Waals surface area contributed by atoms with Crippen LogP contribution in [0.4, 0.5) is 11.5 Å². The number of carbonyl (C=O) groups is 1. The molecule has 208 valence electrons. The van der Waals surface area contributed by atoms with Gasteiger partial charge in [0.15, 0.2) is 0 Å². The molecule has 40 heavy (non-hydrogen) atoms. The first-order valence-electron chi connectivity index (χ1n) is 13.7. The van der Waals surface area contributed by atoms with Gasteiger partial charge in [0.2, 0.25) is 5.91 Å². The number of pyridine rings is 1. The summed E-state index contributed by atoms with van der Waals surface area (Å²) in [6.07, 6.45) is 5.34. The molecule has 2 aromatic heterocycles. The highest BCUT2D eigenvalue weighted by Crippen LogP contribution is 2.27. The van der Waals surface area contributed by atoms with E-state index in [-0.39, 0.29) is 11.4 Å². The van der Waals surface area contributed by atoms with Gasteiger partial charge in [0.25, 0.3) is 0 Å². The minimum absolute atomic E-state index is 0.0111. The van der Waals surface area contributed by atoms with Crippen LogP contribution in [0.1, 0.15) is 57.0 Å². The number of carbonyl (C=O) groups excluding carboxylic acids is 1. The van der Waals surface area contributed by atoms with E-state index in [9.17, 15) is 4.79 Å². The van der Waals surface area contributed by atoms with Crippen molar-refractivity contribution in [3.63, 3.8) is 0 Å². The SMILES string of the molecule is C=C(c1ccc2c(c1)nc(CNc1ccc(C=N)cc1)n2C)N(CCC(=O)NC(C)(C)CCC)c1ccccn1. The predicted octanol–water partition coefficient (Wildman–Crippen LogP) is 6.14. The molecule has 4 rings (SSSR count). The third-order valence-corrected chi connectivity index (χ3v) is 7.00. The molecule has 4 aromatic rings. The van der Waals surface area contributed by atoms with Gasteiger partial charge in [-0.05, 0) is 67.8 Å². The number of nitrogens with one attached hydrogen (secondary N) is 3. The molecular formula is C32H39N7O. The Kier molecular flexibility index (Phi) is 8.99. The van der Waals surface area contributed by atoms with Crippen molar-refractivity contribution in [3.8, 4) is 0 Å². The van der Waals surface area contributed by atoms with Crippen LogP contribution >= 0.6 is 0 Å². The van der Waals surface area contributed by atoms with Gasteiger partial charge in [-0.1, -0.05) is 44.2 Å². The van der Waals surface area contributed by atoms with Crippen molar-refractivity contribution < 1.29 is 4.79 Å². The minimum Gasteiger partial charge on any atom is -0.378 e. The lowest BCUT2D eigenvalue weighted by Crippen LogP contribution is -2.44. The fraction of sp³-hybridized carbons (Fsp3) is 0.312. The van der Waals surface area contributed by atoms with Gasteiger partial charge >= 0.3 is 0 Å². The zero-order chi connectivity index (χ0) is 28.7. The molecule has 0 radical (unpaired) electrons. The number of rotatable bonds is 13. The molecule has 0 aliphatic carbocycles. The van der Waals surface area contributed by atoms with Crippen molar-refractivity contribution in [1.29, 1.82) is 5.41 Å². The van der Waals surface area contributed by atoms with E-state index in [4.69, 9.17) is 10.4 Å². The highest BCUT2D eigenvalue weighted by atomic mass is 16.1. The number of anilines is 2. The molecule has 0 atom stereocenters. The van der Waals surface area contributed by atoms with E-state index in [0.717, 1.165) is 58.0 Å². The summed E-state index contributed by atoms with van der Waals surface area (Å²) in [7, 11) is 2.01. The number of fused-ring (bicyclic) bond motifs is 1. The maximum atomic E-state index is 12.8. The molecule has 0 spiro atoms. The number of hydrogen-bond acceptors (Lipinski definition) is 6. The Balaban J connectivity index is 1.52. The van der Waals surface area contributed by atoms with E-state index >= 15 is 0 Å². The van der Waals surface area contributed by atoms with E-state index in [1.807, 2.05) is 66.5 Å². The number of amides is 1. The fourth-order valence-corrected chi connectivity index (χ4v) is 4.86. The molecule has 2 aromatic carbocycles. The second-order valence-electron chi connectivity index (χ2n) is 10.6. The molecule has 0 aliphatic rings. The number of hydrogen-bond donors (Lipinski definition) is 3. The minimum atomic E-state index is -0.237. The molecule has 0 unspecified atom stereocenters. The molecule has 2 heterocycles. The first kappa shape index (κ1) is 28.5. The van der Waals surface area contributed by atoms with E-state index in [1.54, 1.807) is 6.20 Å². The van der Waals surface area contributed by atoms with Crippen molar-refractivity contribution in [3.05, 3.63) is 90.4 Å². The summed E-state index contributed by atoms with van der Waals surface area (Å²) >= 11 is 0. The molecule has 0 bridgehead atoms. The monoisotopic (exact) mass is 537 g/mol. The van der Waals surface area contributed by atoms with Gasteiger partial charge in [0.1, 0.15) is 11.6 Å². The summed E-state index contributed by atoms with van der Waals surface area (Å²) in [6.45, 7) is 11.7. The van der Waals surface area contributed by atoms with Crippen molar-refractivity contribution in [2.24, 2.45) is 7.05 Å². The van der Waals surface area contributed by atoms with E-state index < -0.39 is 0 Å². The smallest absolute Gasteiger partial charge is 0.222 e. The van der Waals surface area contributed by atoms with E-state index in [0.29, 0.717) is 19.5 Å². The van der Waals surface area contributed by atoms with Crippen LogP contribution in [0.25, 0.3) is 16.7 Å². The van der Waals surface area contributed by atoms with Crippen molar-refractivity contribution >= 4 is 40.4 Å². The zero-order valence-corrected chi connectivity index (χ0v) is 23.9. The standard InChI is InChI=1S/C32H39N7O/c1-6-17-32(3,4)37-31(40)16-19-39(29-9-7-8-18-34-29)23(2)25-12-15-28-27(20-25)36-30(38(28)5)22-35-26-13-10-24(21-33)11-14-26/h7-15,18,20-21,33,35H,2,6,16-17,19,22H2,1,3-5H3,(H,37,40). The van der Waals surface area contributed by atoms with Crippen molar-refractivity contribution in [1.82, 2.24) is 19.9 Å². The van der Waals surface area contributed by atoms with Gasteiger partial charge in [0.05, 0.1) is 17.6 Å². The Morgan fingerprint density at radius 2 is 1.93 bits per heavy atom. The first-order valence-corrected chi connectivity index (χ1v) is 13.7. The van der Waals surface area contributed by atoms with Gasteiger partial charge in [-0.25, -0.2) is 9.97 Å². The third-order valence-electron chi connectivity index (χ3n) is 7.00. The van der Waals surface area contributed by atoms with E-state index in [2.05, 4.69) is 53.6 Å². The molecule has 0 saturated heterocycles. The topological polar surface area (TPSA) is 98.9 Å². The van der Waals surface area contributed by atoms with Crippen LogP contribution in [-0.4, -0.2) is 38.7 Å². The van der Waals surface area contributed by atoms with Crippen LogP contribution in [0.5, 0.6) is 0 Å². The van der Waals surface area contributed by atoms with Gasteiger partial charge in [-0.3, -0.25) is 4.79 Å². The lowest BCUT2D eigenvalue weighted by Gasteiger charge is -2.28. The Morgan fingerprint density at radius 3 is 2.60 bits per heavy atom. The number of imidazole rings is 1. The molecular weight excluding hydrogens is 498 g/mol. The summed E-state index contributed by atoms with van der Waals surface area (Å²) in [4.78, 5) is 24.3. The number of aromatic nitrogens is 3. The number of aryl methyl sites for hydroxylation is 1. The molecule has 1 amide bonds. The summed E-state index contributed by atoms with van der Waals surface area (Å²) in [5, 5.41) is 13.9. The quantitative estimate of drug-likeness (QED) is 0.178. The van der Waals surface area contributed by atoms with Gasteiger partial charge in [-0.2, -0.15) is 0 Å². The summed E-state index contributed by atoms with van der Waals surface area (Å²) in [6, 6.07) is 19.6. The number of benzene rings is 2. The molecule has 8 nitrogen and oxygen atoms in total. The lowest BCUT2D eigenvalue weighted by molar-refractivity contribution is -0.122. The van der Waals surface area contributed by atoms with Gasteiger partial charge in [-0.15, -0.1) is 0 Å². The largest absolute Gasteiger partial charge is 0.378 e. The highest BCUT2D eigenvalue weighted by molar-refractivity contribution is 5.85. The third kappa shape index (κ3) is 6.94. The Bertz CT molecular complexity index is 1470. The second-order valence-corrected chi connectivity index (χ2v) is 10.6. The summed E-state index contributed by atoms with van der Waals surface area (Å²) in [5.74, 6) is 1.66. The van der Waals surface area contributed by atoms with Gasteiger partial charge < -0.3 is 25.5 Å². The van der Waals surface area contributed by atoms with Crippen molar-refractivity contribution in [2.75, 3.05) is 16.8 Å². The highest BCUT2D eigenvalue weighted by Gasteiger charge is 2.21. The van der Waals surface area contributed by atoms with Crippen LogP contribution in [0.2, 0.25) is 0 Å². The maximum absolute atomic E-state index is 12.8. The van der Waals surface area contributed by atoms with Crippen LogP contribution in [0.15, 0.2) is 73.4 Å². The molecule has 8 heteroatoms. The lowest BCUT2D eigenvalue weighted by atomic mass is 9.99. The van der Waals surface area contributed by atoms with Crippen LogP contribution in [0, 0.1) is 5.41 Å².